The van der Waals surface area contributed by atoms with Crippen molar-refractivity contribution in [3.63, 3.8) is 0 Å². The van der Waals surface area contributed by atoms with Gasteiger partial charge in [0.1, 0.15) is 0 Å². The van der Waals surface area contributed by atoms with Crippen molar-refractivity contribution < 1.29 is 9.59 Å². The van der Waals surface area contributed by atoms with Crippen LogP contribution in [0.5, 0.6) is 0 Å². The molecule has 0 heterocycles. The van der Waals surface area contributed by atoms with Gasteiger partial charge in [-0.25, -0.2) is 9.59 Å². The summed E-state index contributed by atoms with van der Waals surface area (Å²) in [4.78, 5) is 27.3. The van der Waals surface area contributed by atoms with E-state index >= 15 is 0 Å². The molecule has 2 N–H and O–H groups in total. The Morgan fingerprint density at radius 1 is 0.800 bits per heavy atom. The van der Waals surface area contributed by atoms with Crippen LogP contribution in [0, 0.1) is 6.92 Å². The van der Waals surface area contributed by atoms with Crippen LogP contribution >= 0.6 is 0 Å². The van der Waals surface area contributed by atoms with E-state index in [4.69, 9.17) is 0 Å². The second-order valence-electron chi connectivity index (χ2n) is 7.38. The summed E-state index contributed by atoms with van der Waals surface area (Å²) in [6.07, 6.45) is 0. The van der Waals surface area contributed by atoms with Crippen LogP contribution in [0.4, 0.5) is 21.0 Å². The number of hydrogen-bond donors (Lipinski definition) is 2. The highest BCUT2D eigenvalue weighted by Crippen LogP contribution is 2.39. The molecule has 0 atom stereocenters. The number of urea groups is 2. The molecule has 0 saturated heterocycles. The van der Waals surface area contributed by atoms with Gasteiger partial charge < -0.3 is 20.4 Å². The third kappa shape index (κ3) is 4.87. The van der Waals surface area contributed by atoms with Crippen LogP contribution in [0.3, 0.4) is 0 Å². The summed E-state index contributed by atoms with van der Waals surface area (Å²) in [6.45, 7) is 10.5. The normalized spacial score (nSPS) is 10.8. The van der Waals surface area contributed by atoms with E-state index in [2.05, 4.69) is 38.3 Å². The summed E-state index contributed by atoms with van der Waals surface area (Å²) in [5, 5.41) is 5.91. The van der Waals surface area contributed by atoms with E-state index in [-0.39, 0.29) is 23.9 Å². The van der Waals surface area contributed by atoms with Crippen LogP contribution in [-0.4, -0.2) is 50.1 Å². The van der Waals surface area contributed by atoms with Gasteiger partial charge in [-0.05, 0) is 41.5 Å². The van der Waals surface area contributed by atoms with Crippen LogP contribution in [0.25, 0.3) is 0 Å². The van der Waals surface area contributed by atoms with Crippen molar-refractivity contribution in [2.45, 2.75) is 46.5 Å². The van der Waals surface area contributed by atoms with E-state index < -0.39 is 0 Å². The van der Waals surface area contributed by atoms with Gasteiger partial charge in [-0.15, -0.1) is 0 Å². The van der Waals surface area contributed by atoms with Gasteiger partial charge in [0.25, 0.3) is 0 Å². The summed E-state index contributed by atoms with van der Waals surface area (Å²) < 4.78 is 0. The minimum atomic E-state index is -0.194. The molecule has 6 heteroatoms. The van der Waals surface area contributed by atoms with Gasteiger partial charge in [0.05, 0.1) is 0 Å². The van der Waals surface area contributed by atoms with Crippen molar-refractivity contribution in [1.82, 2.24) is 9.80 Å². The number of nitrogens with one attached hydrogen (secondary N) is 2. The zero-order chi connectivity index (χ0) is 19.5. The molecule has 0 aliphatic heterocycles. The Morgan fingerprint density at radius 2 is 1.20 bits per heavy atom. The molecule has 0 bridgehead atoms. The molecule has 0 spiro atoms. The highest BCUT2D eigenvalue weighted by Gasteiger charge is 2.22. The van der Waals surface area contributed by atoms with E-state index in [1.807, 2.05) is 13.0 Å². The standard InChI is InChI=1S/C19H32N4O2/c1-11(2)16-13(5)14(20-18(24)22(6)7)10-15(17(16)12(3)4)21-19(25)23(8)9/h10-12H,1-9H3,(H,20,24)(H,21,25). The van der Waals surface area contributed by atoms with Crippen molar-refractivity contribution in [3.8, 4) is 0 Å². The molecule has 6 nitrogen and oxygen atoms in total. The summed E-state index contributed by atoms with van der Waals surface area (Å²) >= 11 is 0. The third-order valence-electron chi connectivity index (χ3n) is 4.13. The van der Waals surface area contributed by atoms with Crippen molar-refractivity contribution >= 4 is 23.4 Å². The van der Waals surface area contributed by atoms with Gasteiger partial charge in [-0.2, -0.15) is 0 Å². The maximum atomic E-state index is 12.2. The van der Waals surface area contributed by atoms with E-state index in [1.54, 1.807) is 28.2 Å². The minimum absolute atomic E-state index is 0.189. The Kier molecular flexibility index (Phi) is 6.85. The van der Waals surface area contributed by atoms with Crippen LogP contribution in [0.1, 0.15) is 56.2 Å². The Labute approximate surface area is 151 Å². The highest BCUT2D eigenvalue weighted by molar-refractivity contribution is 5.95. The maximum Gasteiger partial charge on any atom is 0.321 e. The fraction of sp³-hybridized carbons (Fsp3) is 0.579. The molecule has 4 amide bonds. The highest BCUT2D eigenvalue weighted by atomic mass is 16.2. The summed E-state index contributed by atoms with van der Waals surface area (Å²) in [5.41, 5.74) is 4.79. The Balaban J connectivity index is 3.58. The number of nitrogens with zero attached hydrogens (tertiary/aromatic N) is 2. The lowest BCUT2D eigenvalue weighted by atomic mass is 9.85. The Hall–Kier alpha value is -2.24. The predicted molar refractivity (Wildman–Crippen MR) is 105 cm³/mol. The van der Waals surface area contributed by atoms with Gasteiger partial charge in [-0.1, -0.05) is 27.7 Å². The molecule has 0 radical (unpaired) electrons. The lowest BCUT2D eigenvalue weighted by Crippen LogP contribution is -2.29. The Morgan fingerprint density at radius 3 is 1.56 bits per heavy atom. The second-order valence-corrected chi connectivity index (χ2v) is 7.38. The van der Waals surface area contributed by atoms with Gasteiger partial charge in [0.2, 0.25) is 0 Å². The molecule has 1 rings (SSSR count). The monoisotopic (exact) mass is 348 g/mol. The maximum absolute atomic E-state index is 12.2. The quantitative estimate of drug-likeness (QED) is 0.845. The number of carbonyl (C=O) groups excluding carboxylic acids is 2. The van der Waals surface area contributed by atoms with Crippen molar-refractivity contribution in [2.24, 2.45) is 0 Å². The molecule has 0 aliphatic rings. The molecule has 0 aliphatic carbocycles. The van der Waals surface area contributed by atoms with Gasteiger partial charge in [0.15, 0.2) is 0 Å². The van der Waals surface area contributed by atoms with Gasteiger partial charge in [0, 0.05) is 39.6 Å². The zero-order valence-corrected chi connectivity index (χ0v) is 16.9. The van der Waals surface area contributed by atoms with Crippen LogP contribution in [-0.2, 0) is 0 Å². The van der Waals surface area contributed by atoms with Crippen molar-refractivity contribution in [3.05, 3.63) is 22.8 Å². The second kappa shape index (κ2) is 8.23. The summed E-state index contributed by atoms with van der Waals surface area (Å²) in [7, 11) is 6.81. The minimum Gasteiger partial charge on any atom is -0.331 e. The molecule has 0 fully saturated rings. The van der Waals surface area contributed by atoms with E-state index in [0.29, 0.717) is 0 Å². The topological polar surface area (TPSA) is 64.7 Å². The summed E-state index contributed by atoms with van der Waals surface area (Å²) in [6, 6.07) is 1.48. The lowest BCUT2D eigenvalue weighted by molar-refractivity contribution is 0.230. The van der Waals surface area contributed by atoms with Crippen molar-refractivity contribution in [1.29, 1.82) is 0 Å². The van der Waals surface area contributed by atoms with E-state index in [0.717, 1.165) is 22.5 Å². The van der Waals surface area contributed by atoms with E-state index in [1.165, 1.54) is 15.4 Å². The number of benzene rings is 1. The van der Waals surface area contributed by atoms with Crippen LogP contribution in [0.15, 0.2) is 6.07 Å². The number of rotatable bonds is 4. The average Bonchev–Trinajstić information content (AvgIpc) is 2.48. The zero-order valence-electron chi connectivity index (χ0n) is 16.9. The fourth-order valence-corrected chi connectivity index (χ4v) is 2.88. The van der Waals surface area contributed by atoms with Crippen LogP contribution < -0.4 is 10.6 Å². The largest absolute Gasteiger partial charge is 0.331 e. The Bertz CT molecular complexity index is 649. The predicted octanol–water partition coefficient (Wildman–Crippen LogP) is 4.43. The first kappa shape index (κ1) is 20.8. The van der Waals surface area contributed by atoms with Crippen molar-refractivity contribution in [2.75, 3.05) is 38.8 Å². The average molecular weight is 348 g/mol. The molecule has 25 heavy (non-hydrogen) atoms. The first-order chi connectivity index (χ1) is 11.5. The summed E-state index contributed by atoms with van der Waals surface area (Å²) in [5.74, 6) is 0.510. The first-order valence-electron chi connectivity index (χ1n) is 8.61. The molecule has 0 aromatic heterocycles. The fourth-order valence-electron chi connectivity index (χ4n) is 2.88. The van der Waals surface area contributed by atoms with Gasteiger partial charge in [-0.3, -0.25) is 0 Å². The number of carbonyl (C=O) groups is 2. The van der Waals surface area contributed by atoms with E-state index in [9.17, 15) is 9.59 Å². The molecular formula is C19H32N4O2. The lowest BCUT2D eigenvalue weighted by Gasteiger charge is -2.26. The number of anilines is 2. The molecule has 1 aromatic carbocycles. The SMILES string of the molecule is Cc1c(NC(=O)N(C)C)cc(NC(=O)N(C)C)c(C(C)C)c1C(C)C. The molecular weight excluding hydrogens is 316 g/mol. The number of hydrogen-bond acceptors (Lipinski definition) is 2. The first-order valence-corrected chi connectivity index (χ1v) is 8.61. The smallest absolute Gasteiger partial charge is 0.321 e. The molecule has 0 unspecified atom stereocenters. The van der Waals surface area contributed by atoms with Crippen LogP contribution in [0.2, 0.25) is 0 Å². The molecule has 1 aromatic rings. The molecule has 0 saturated carbocycles. The van der Waals surface area contributed by atoms with Gasteiger partial charge >= 0.3 is 12.1 Å². The number of amides is 4. The molecule has 140 valence electrons. The third-order valence-corrected chi connectivity index (χ3v) is 4.13.